The zero-order valence-electron chi connectivity index (χ0n) is 9.15. The summed E-state index contributed by atoms with van der Waals surface area (Å²) >= 11 is 5.58. The van der Waals surface area contributed by atoms with Crippen LogP contribution in [0.1, 0.15) is 12.8 Å². The first kappa shape index (κ1) is 11.9. The Balaban J connectivity index is 2.00. The van der Waals surface area contributed by atoms with Crippen LogP contribution >= 0.6 is 11.6 Å². The van der Waals surface area contributed by atoms with Gasteiger partial charge in [-0.15, -0.1) is 0 Å². The van der Waals surface area contributed by atoms with Crippen molar-refractivity contribution in [1.82, 2.24) is 14.9 Å². The van der Waals surface area contributed by atoms with Gasteiger partial charge in [-0.2, -0.15) is 0 Å². The second-order valence-corrected chi connectivity index (χ2v) is 4.49. The molecule has 92 valence electrons. The van der Waals surface area contributed by atoms with E-state index in [-0.39, 0.29) is 23.3 Å². The highest BCUT2D eigenvalue weighted by atomic mass is 35.5. The van der Waals surface area contributed by atoms with Crippen LogP contribution in [0.15, 0.2) is 11.1 Å². The van der Waals surface area contributed by atoms with E-state index in [1.807, 2.05) is 0 Å². The number of hydrogen-bond donors (Lipinski definition) is 2. The molecule has 3 N–H and O–H groups in total. The molecule has 1 aliphatic carbocycles. The Kier molecular flexibility index (Phi) is 3.33. The van der Waals surface area contributed by atoms with Crippen molar-refractivity contribution in [2.24, 2.45) is 5.92 Å². The molecular formula is C10H13ClN4O2. The standard InChI is InChI=1S/C10H13ClN4O2/c11-9-8(12)10(17)15(5-14-9)4-7(16)13-3-6-1-2-6/h5-6H,1-4,12H2,(H,13,16). The molecule has 1 aromatic rings. The van der Waals surface area contributed by atoms with Gasteiger partial charge in [0.2, 0.25) is 5.91 Å². The number of nitrogen functional groups attached to an aromatic ring is 1. The van der Waals surface area contributed by atoms with Crippen molar-refractivity contribution >= 4 is 23.2 Å². The fraction of sp³-hybridized carbons (Fsp3) is 0.500. The van der Waals surface area contributed by atoms with Gasteiger partial charge in [0.25, 0.3) is 5.56 Å². The smallest absolute Gasteiger partial charge is 0.278 e. The van der Waals surface area contributed by atoms with E-state index in [9.17, 15) is 9.59 Å². The molecule has 0 aliphatic heterocycles. The van der Waals surface area contributed by atoms with Crippen molar-refractivity contribution in [1.29, 1.82) is 0 Å². The van der Waals surface area contributed by atoms with Gasteiger partial charge in [-0.25, -0.2) is 4.98 Å². The van der Waals surface area contributed by atoms with Crippen molar-refractivity contribution < 1.29 is 4.79 Å². The predicted molar refractivity (Wildman–Crippen MR) is 63.7 cm³/mol. The second kappa shape index (κ2) is 4.75. The molecule has 0 bridgehead atoms. The van der Waals surface area contributed by atoms with Crippen molar-refractivity contribution in [2.75, 3.05) is 12.3 Å². The lowest BCUT2D eigenvalue weighted by molar-refractivity contribution is -0.121. The first-order valence-electron chi connectivity index (χ1n) is 5.35. The molecule has 17 heavy (non-hydrogen) atoms. The summed E-state index contributed by atoms with van der Waals surface area (Å²) in [5.74, 6) is 0.381. The van der Waals surface area contributed by atoms with Crippen LogP contribution in [0.4, 0.5) is 5.69 Å². The minimum Gasteiger partial charge on any atom is -0.392 e. The molecule has 6 nitrogen and oxygen atoms in total. The normalized spacial score (nSPS) is 14.6. The number of nitrogens with two attached hydrogens (primary N) is 1. The topological polar surface area (TPSA) is 90.0 Å². The van der Waals surface area contributed by atoms with Crippen LogP contribution in [0.5, 0.6) is 0 Å². The Morgan fingerprint density at radius 3 is 3.00 bits per heavy atom. The average molecular weight is 257 g/mol. The Morgan fingerprint density at radius 1 is 1.65 bits per heavy atom. The molecule has 0 unspecified atom stereocenters. The van der Waals surface area contributed by atoms with E-state index in [2.05, 4.69) is 10.3 Å². The largest absolute Gasteiger partial charge is 0.392 e. The monoisotopic (exact) mass is 256 g/mol. The summed E-state index contributed by atoms with van der Waals surface area (Å²) < 4.78 is 1.14. The van der Waals surface area contributed by atoms with Crippen LogP contribution in [0.2, 0.25) is 5.15 Å². The summed E-state index contributed by atoms with van der Waals surface area (Å²) in [6.07, 6.45) is 3.54. The summed E-state index contributed by atoms with van der Waals surface area (Å²) in [5, 5.41) is 2.72. The second-order valence-electron chi connectivity index (χ2n) is 4.13. The minimum absolute atomic E-state index is 0.0374. The van der Waals surface area contributed by atoms with Gasteiger partial charge in [0.15, 0.2) is 5.15 Å². The molecule has 2 rings (SSSR count). The SMILES string of the molecule is Nc1c(Cl)ncn(CC(=O)NCC2CC2)c1=O. The number of amides is 1. The number of anilines is 1. The summed E-state index contributed by atoms with van der Waals surface area (Å²) in [7, 11) is 0. The maximum absolute atomic E-state index is 11.6. The summed E-state index contributed by atoms with van der Waals surface area (Å²) in [6, 6.07) is 0. The highest BCUT2D eigenvalue weighted by Gasteiger charge is 2.21. The Labute approximate surface area is 103 Å². The third-order valence-electron chi connectivity index (χ3n) is 2.62. The van der Waals surface area contributed by atoms with Gasteiger partial charge >= 0.3 is 0 Å². The molecule has 7 heteroatoms. The molecule has 1 saturated carbocycles. The lowest BCUT2D eigenvalue weighted by Gasteiger charge is -2.07. The molecule has 1 heterocycles. The van der Waals surface area contributed by atoms with Gasteiger partial charge in [0, 0.05) is 6.54 Å². The number of carbonyl (C=O) groups excluding carboxylic acids is 1. The summed E-state index contributed by atoms with van der Waals surface area (Å²) in [4.78, 5) is 26.9. The summed E-state index contributed by atoms with van der Waals surface area (Å²) in [6.45, 7) is 0.587. The number of halogens is 1. The van der Waals surface area contributed by atoms with Crippen LogP contribution in [0, 0.1) is 5.92 Å². The zero-order chi connectivity index (χ0) is 12.4. The van der Waals surface area contributed by atoms with Crippen molar-refractivity contribution in [3.63, 3.8) is 0 Å². The van der Waals surface area contributed by atoms with Crippen molar-refractivity contribution in [2.45, 2.75) is 19.4 Å². The highest BCUT2D eigenvalue weighted by Crippen LogP contribution is 2.27. The first-order chi connectivity index (χ1) is 8.08. The molecule has 0 saturated heterocycles. The molecule has 0 aromatic carbocycles. The molecule has 0 spiro atoms. The van der Waals surface area contributed by atoms with Crippen molar-refractivity contribution in [3.8, 4) is 0 Å². The zero-order valence-corrected chi connectivity index (χ0v) is 9.91. The number of hydrogen-bond acceptors (Lipinski definition) is 4. The van der Waals surface area contributed by atoms with Gasteiger partial charge < -0.3 is 11.1 Å². The summed E-state index contributed by atoms with van der Waals surface area (Å²) in [5.41, 5.74) is 4.80. The van der Waals surface area contributed by atoms with E-state index >= 15 is 0 Å². The van der Waals surface area contributed by atoms with Crippen LogP contribution in [-0.2, 0) is 11.3 Å². The van der Waals surface area contributed by atoms with Gasteiger partial charge in [0.05, 0.1) is 6.33 Å². The Bertz CT molecular complexity index is 496. The molecule has 0 atom stereocenters. The number of nitrogens with zero attached hydrogens (tertiary/aromatic N) is 2. The maximum atomic E-state index is 11.6. The van der Waals surface area contributed by atoms with Crippen LogP contribution in [0.3, 0.4) is 0 Å². The molecule has 0 radical (unpaired) electrons. The molecule has 1 amide bonds. The molecule has 1 aromatic heterocycles. The Hall–Kier alpha value is -1.56. The van der Waals surface area contributed by atoms with E-state index in [1.165, 1.54) is 6.33 Å². The third-order valence-corrected chi connectivity index (χ3v) is 2.92. The minimum atomic E-state index is -0.494. The van der Waals surface area contributed by atoms with Gasteiger partial charge in [-0.3, -0.25) is 14.2 Å². The first-order valence-corrected chi connectivity index (χ1v) is 5.73. The van der Waals surface area contributed by atoms with Gasteiger partial charge in [-0.05, 0) is 18.8 Å². The van der Waals surface area contributed by atoms with E-state index in [1.54, 1.807) is 0 Å². The van der Waals surface area contributed by atoms with Gasteiger partial charge in [-0.1, -0.05) is 11.6 Å². The molecule has 1 fully saturated rings. The average Bonchev–Trinajstić information content (AvgIpc) is 3.11. The predicted octanol–water partition coefficient (Wildman–Crippen LogP) is 0.00510. The van der Waals surface area contributed by atoms with E-state index < -0.39 is 5.56 Å². The Morgan fingerprint density at radius 2 is 2.35 bits per heavy atom. The van der Waals surface area contributed by atoms with E-state index in [0.717, 1.165) is 17.4 Å². The lowest BCUT2D eigenvalue weighted by Crippen LogP contribution is -2.34. The van der Waals surface area contributed by atoms with Crippen LogP contribution in [0.25, 0.3) is 0 Å². The highest BCUT2D eigenvalue weighted by molar-refractivity contribution is 6.31. The fourth-order valence-electron chi connectivity index (χ4n) is 1.39. The van der Waals surface area contributed by atoms with Crippen LogP contribution < -0.4 is 16.6 Å². The number of nitrogens with one attached hydrogen (secondary N) is 1. The fourth-order valence-corrected chi connectivity index (χ4v) is 1.51. The quantitative estimate of drug-likeness (QED) is 0.743. The maximum Gasteiger partial charge on any atom is 0.278 e. The van der Waals surface area contributed by atoms with Crippen molar-refractivity contribution in [3.05, 3.63) is 21.8 Å². The van der Waals surface area contributed by atoms with Crippen LogP contribution in [-0.4, -0.2) is 22.0 Å². The number of aromatic nitrogens is 2. The van der Waals surface area contributed by atoms with E-state index in [0.29, 0.717) is 12.5 Å². The van der Waals surface area contributed by atoms with E-state index in [4.69, 9.17) is 17.3 Å². The number of rotatable bonds is 4. The molecule has 1 aliphatic rings. The third kappa shape index (κ3) is 2.97. The molecular weight excluding hydrogens is 244 g/mol. The lowest BCUT2D eigenvalue weighted by atomic mass is 10.4. The number of carbonyl (C=O) groups is 1. The van der Waals surface area contributed by atoms with Gasteiger partial charge in [0.1, 0.15) is 12.2 Å².